The zero-order valence-corrected chi connectivity index (χ0v) is 10.9. The Bertz CT molecular complexity index is 667. The van der Waals surface area contributed by atoms with Gasteiger partial charge in [0, 0.05) is 24.4 Å². The van der Waals surface area contributed by atoms with Crippen molar-refractivity contribution in [3.8, 4) is 0 Å². The molecule has 0 saturated carbocycles. The molecule has 1 aliphatic heterocycles. The van der Waals surface area contributed by atoms with Gasteiger partial charge in [0.05, 0.1) is 0 Å². The van der Waals surface area contributed by atoms with E-state index >= 15 is 0 Å². The van der Waals surface area contributed by atoms with E-state index in [-0.39, 0.29) is 5.91 Å². The zero-order chi connectivity index (χ0) is 13.2. The Morgan fingerprint density at radius 2 is 1.84 bits per heavy atom. The molecule has 0 atom stereocenters. The summed E-state index contributed by atoms with van der Waals surface area (Å²) in [4.78, 5) is 12.1. The van der Waals surface area contributed by atoms with Crippen LogP contribution in [0.25, 0.3) is 10.8 Å². The molecule has 96 valence electrons. The van der Waals surface area contributed by atoms with Gasteiger partial charge < -0.3 is 10.6 Å². The van der Waals surface area contributed by atoms with Crippen LogP contribution in [0, 0.1) is 0 Å². The van der Waals surface area contributed by atoms with Crippen LogP contribution in [0.2, 0.25) is 0 Å². The van der Waals surface area contributed by atoms with Crippen LogP contribution in [0.5, 0.6) is 0 Å². The predicted molar refractivity (Wildman–Crippen MR) is 78.1 cm³/mol. The number of carbonyl (C=O) groups excluding carboxylic acids is 1. The number of benzene rings is 2. The maximum atomic E-state index is 12.1. The van der Waals surface area contributed by atoms with E-state index in [4.69, 9.17) is 0 Å². The Morgan fingerprint density at radius 1 is 1.11 bits per heavy atom. The van der Waals surface area contributed by atoms with E-state index in [0.29, 0.717) is 0 Å². The molecule has 1 amide bonds. The molecule has 3 rings (SSSR count). The van der Waals surface area contributed by atoms with Crippen molar-refractivity contribution in [2.24, 2.45) is 0 Å². The summed E-state index contributed by atoms with van der Waals surface area (Å²) in [7, 11) is 0. The lowest BCUT2D eigenvalue weighted by molar-refractivity contribution is -0.112. The number of hydrogen-bond acceptors (Lipinski definition) is 2. The summed E-state index contributed by atoms with van der Waals surface area (Å²) in [5, 5.41) is 8.42. The molecule has 1 saturated heterocycles. The van der Waals surface area contributed by atoms with E-state index in [1.807, 2.05) is 43.3 Å². The van der Waals surface area contributed by atoms with Gasteiger partial charge in [-0.05, 0) is 35.4 Å². The highest BCUT2D eigenvalue weighted by atomic mass is 16.1. The fraction of sp³-hybridized carbons (Fsp3) is 0.188. The first kappa shape index (κ1) is 11.9. The van der Waals surface area contributed by atoms with Crippen molar-refractivity contribution < 1.29 is 4.79 Å². The second-order valence-corrected chi connectivity index (χ2v) is 4.85. The van der Waals surface area contributed by atoms with E-state index in [2.05, 4.69) is 16.7 Å². The van der Waals surface area contributed by atoms with Crippen LogP contribution in [-0.2, 0) is 4.79 Å². The number of nitrogens with one attached hydrogen (secondary N) is 2. The van der Waals surface area contributed by atoms with Crippen LogP contribution in [0.1, 0.15) is 6.92 Å². The van der Waals surface area contributed by atoms with E-state index in [0.717, 1.165) is 29.7 Å². The molecule has 0 spiro atoms. The lowest BCUT2D eigenvalue weighted by atomic mass is 10.0. The van der Waals surface area contributed by atoms with Crippen LogP contribution in [-0.4, -0.2) is 19.0 Å². The lowest BCUT2D eigenvalue weighted by Crippen LogP contribution is -2.36. The Kier molecular flexibility index (Phi) is 3.05. The van der Waals surface area contributed by atoms with Crippen molar-refractivity contribution in [2.45, 2.75) is 6.92 Å². The molecule has 3 heteroatoms. The first-order valence-corrected chi connectivity index (χ1v) is 6.43. The van der Waals surface area contributed by atoms with Gasteiger partial charge in [0.15, 0.2) is 0 Å². The molecule has 0 bridgehead atoms. The molecule has 2 aromatic rings. The standard InChI is InChI=1S/C16H16N2O/c1-11(14-9-17-10-14)16(19)18-15-7-6-12-4-2-3-5-13(12)8-15/h2-8,17H,9-10H2,1H3,(H,18,19). The Morgan fingerprint density at radius 3 is 2.53 bits per heavy atom. The van der Waals surface area contributed by atoms with Gasteiger partial charge >= 0.3 is 0 Å². The highest BCUT2D eigenvalue weighted by Crippen LogP contribution is 2.20. The van der Waals surface area contributed by atoms with Gasteiger partial charge in [0.2, 0.25) is 0 Å². The molecule has 0 radical (unpaired) electrons. The second kappa shape index (κ2) is 4.86. The molecule has 0 unspecified atom stereocenters. The van der Waals surface area contributed by atoms with Crippen LogP contribution in [0.4, 0.5) is 5.69 Å². The molecular formula is C16H16N2O. The van der Waals surface area contributed by atoms with Crippen molar-refractivity contribution in [1.29, 1.82) is 0 Å². The monoisotopic (exact) mass is 252 g/mol. The Balaban J connectivity index is 1.83. The summed E-state index contributed by atoms with van der Waals surface area (Å²) in [6, 6.07) is 14.1. The van der Waals surface area contributed by atoms with Crippen molar-refractivity contribution in [3.63, 3.8) is 0 Å². The molecule has 1 heterocycles. The summed E-state index contributed by atoms with van der Waals surface area (Å²) in [6.07, 6.45) is 0. The largest absolute Gasteiger partial charge is 0.322 e. The van der Waals surface area contributed by atoms with Gasteiger partial charge in [0.1, 0.15) is 0 Å². The van der Waals surface area contributed by atoms with Gasteiger partial charge in [-0.2, -0.15) is 0 Å². The third kappa shape index (κ3) is 2.37. The van der Waals surface area contributed by atoms with Crippen LogP contribution in [0.15, 0.2) is 53.6 Å². The fourth-order valence-corrected chi connectivity index (χ4v) is 2.17. The van der Waals surface area contributed by atoms with Gasteiger partial charge in [0.25, 0.3) is 5.91 Å². The summed E-state index contributed by atoms with van der Waals surface area (Å²) in [5.41, 5.74) is 2.86. The van der Waals surface area contributed by atoms with E-state index in [1.165, 1.54) is 11.0 Å². The van der Waals surface area contributed by atoms with Crippen molar-refractivity contribution in [1.82, 2.24) is 5.32 Å². The molecule has 2 N–H and O–H groups in total. The average molecular weight is 252 g/mol. The maximum absolute atomic E-state index is 12.1. The minimum atomic E-state index is -0.00761. The maximum Gasteiger partial charge on any atom is 0.251 e. The second-order valence-electron chi connectivity index (χ2n) is 4.85. The molecule has 1 fully saturated rings. The topological polar surface area (TPSA) is 41.1 Å². The number of fused-ring (bicyclic) bond motifs is 1. The molecule has 3 nitrogen and oxygen atoms in total. The summed E-state index contributed by atoms with van der Waals surface area (Å²) < 4.78 is 0. The van der Waals surface area contributed by atoms with Gasteiger partial charge in [-0.3, -0.25) is 4.79 Å². The minimum absolute atomic E-state index is 0.00761. The summed E-state index contributed by atoms with van der Waals surface area (Å²) >= 11 is 0. The third-order valence-corrected chi connectivity index (χ3v) is 3.56. The summed E-state index contributed by atoms with van der Waals surface area (Å²) in [6.45, 7) is 3.54. The molecule has 0 aliphatic carbocycles. The molecule has 1 aliphatic rings. The lowest BCUT2D eigenvalue weighted by Gasteiger charge is -2.21. The van der Waals surface area contributed by atoms with Crippen molar-refractivity contribution >= 4 is 22.4 Å². The molecule has 2 aromatic carbocycles. The van der Waals surface area contributed by atoms with Crippen molar-refractivity contribution in [2.75, 3.05) is 18.4 Å². The van der Waals surface area contributed by atoms with Gasteiger partial charge in [-0.15, -0.1) is 0 Å². The molecule has 19 heavy (non-hydrogen) atoms. The minimum Gasteiger partial charge on any atom is -0.322 e. The van der Waals surface area contributed by atoms with Crippen LogP contribution < -0.4 is 10.6 Å². The zero-order valence-electron chi connectivity index (χ0n) is 10.9. The fourth-order valence-electron chi connectivity index (χ4n) is 2.17. The predicted octanol–water partition coefficient (Wildman–Crippen LogP) is 2.70. The van der Waals surface area contributed by atoms with Crippen LogP contribution >= 0.6 is 0 Å². The van der Waals surface area contributed by atoms with E-state index in [9.17, 15) is 4.79 Å². The average Bonchev–Trinajstić information content (AvgIpc) is 2.36. The quantitative estimate of drug-likeness (QED) is 0.807. The third-order valence-electron chi connectivity index (χ3n) is 3.56. The van der Waals surface area contributed by atoms with Gasteiger partial charge in [-0.25, -0.2) is 0 Å². The molecule has 0 aromatic heterocycles. The van der Waals surface area contributed by atoms with E-state index < -0.39 is 0 Å². The number of amides is 1. The first-order valence-electron chi connectivity index (χ1n) is 6.43. The highest BCUT2D eigenvalue weighted by Gasteiger charge is 2.15. The number of rotatable bonds is 2. The van der Waals surface area contributed by atoms with Gasteiger partial charge in [-0.1, -0.05) is 30.3 Å². The summed E-state index contributed by atoms with van der Waals surface area (Å²) in [5.74, 6) is -0.00761. The Hall–Kier alpha value is -2.13. The van der Waals surface area contributed by atoms with E-state index in [1.54, 1.807) is 0 Å². The van der Waals surface area contributed by atoms with Crippen molar-refractivity contribution in [3.05, 3.63) is 53.6 Å². The molecular weight excluding hydrogens is 236 g/mol. The first-order chi connectivity index (χ1) is 9.24. The number of anilines is 1. The number of hydrogen-bond donors (Lipinski definition) is 2. The normalized spacial score (nSPS) is 14.1. The Labute approximate surface area is 112 Å². The van der Waals surface area contributed by atoms with Crippen LogP contribution in [0.3, 0.4) is 0 Å². The smallest absolute Gasteiger partial charge is 0.251 e. The SMILES string of the molecule is CC(C(=O)Nc1ccc2ccccc2c1)=C1CNC1. The number of carbonyl (C=O) groups is 1. The highest BCUT2D eigenvalue weighted by molar-refractivity contribution is 6.05.